The second-order valence-corrected chi connectivity index (χ2v) is 6.76. The number of anilines is 1. The highest BCUT2D eigenvalue weighted by Crippen LogP contribution is 2.28. The summed E-state index contributed by atoms with van der Waals surface area (Å²) in [4.78, 5) is 12.1. The van der Waals surface area contributed by atoms with Crippen molar-refractivity contribution in [1.29, 1.82) is 0 Å². The predicted molar refractivity (Wildman–Crippen MR) is 88.7 cm³/mol. The van der Waals surface area contributed by atoms with E-state index in [9.17, 15) is 9.90 Å². The number of benzene rings is 1. The van der Waals surface area contributed by atoms with Crippen molar-refractivity contribution in [3.05, 3.63) is 29.8 Å². The van der Waals surface area contributed by atoms with Crippen molar-refractivity contribution in [3.8, 4) is 0 Å². The third kappa shape index (κ3) is 4.38. The third-order valence-electron chi connectivity index (χ3n) is 4.18. The van der Waals surface area contributed by atoms with Gasteiger partial charge in [-0.25, -0.2) is 4.79 Å². The molecule has 116 valence electrons. The second kappa shape index (κ2) is 7.71. The van der Waals surface area contributed by atoms with Crippen LogP contribution in [0, 0.1) is 5.92 Å². The summed E-state index contributed by atoms with van der Waals surface area (Å²) in [6.45, 7) is 2.29. The quantitative estimate of drug-likeness (QED) is 0.781. The molecule has 1 aliphatic rings. The lowest BCUT2D eigenvalue weighted by molar-refractivity contribution is 0.203. The largest absolute Gasteiger partial charge is 0.396 e. The van der Waals surface area contributed by atoms with Gasteiger partial charge in [0.05, 0.1) is 0 Å². The van der Waals surface area contributed by atoms with Gasteiger partial charge in [-0.1, -0.05) is 18.6 Å². The molecule has 1 saturated carbocycles. The summed E-state index contributed by atoms with van der Waals surface area (Å²) in [5.74, 6) is 0.193. The lowest BCUT2D eigenvalue weighted by Crippen LogP contribution is -2.41. The van der Waals surface area contributed by atoms with Gasteiger partial charge in [0.2, 0.25) is 0 Å². The monoisotopic (exact) mass is 308 g/mol. The molecule has 1 aliphatic carbocycles. The Morgan fingerprint density at radius 1 is 1.48 bits per heavy atom. The highest BCUT2D eigenvalue weighted by molar-refractivity contribution is 7.98. The van der Waals surface area contributed by atoms with Crippen molar-refractivity contribution >= 4 is 23.5 Å². The number of amides is 2. The van der Waals surface area contributed by atoms with E-state index >= 15 is 0 Å². The van der Waals surface area contributed by atoms with Crippen LogP contribution in [0.2, 0.25) is 0 Å². The minimum atomic E-state index is -0.186. The summed E-state index contributed by atoms with van der Waals surface area (Å²) in [5, 5.41) is 15.6. The minimum Gasteiger partial charge on any atom is -0.396 e. The van der Waals surface area contributed by atoms with E-state index in [2.05, 4.69) is 29.9 Å². The van der Waals surface area contributed by atoms with Gasteiger partial charge in [-0.15, -0.1) is 0 Å². The Hall–Kier alpha value is -1.20. The maximum atomic E-state index is 12.1. The first-order valence-corrected chi connectivity index (χ1v) is 8.74. The lowest BCUT2D eigenvalue weighted by Gasteiger charge is -2.19. The van der Waals surface area contributed by atoms with Gasteiger partial charge in [0.15, 0.2) is 0 Å². The van der Waals surface area contributed by atoms with Gasteiger partial charge >= 0.3 is 6.03 Å². The summed E-state index contributed by atoms with van der Waals surface area (Å²) < 4.78 is 0. The molecule has 3 N–H and O–H groups in total. The number of carbonyl (C=O) groups is 1. The van der Waals surface area contributed by atoms with Crippen molar-refractivity contribution in [3.63, 3.8) is 0 Å². The van der Waals surface area contributed by atoms with Gasteiger partial charge in [-0.05, 0) is 43.7 Å². The first kappa shape index (κ1) is 16.2. The number of hydrogen-bond donors (Lipinski definition) is 3. The fraction of sp³-hybridized carbons (Fsp3) is 0.562. The van der Waals surface area contributed by atoms with Crippen molar-refractivity contribution in [2.75, 3.05) is 18.2 Å². The molecule has 0 spiro atoms. The number of hydrogen-bond acceptors (Lipinski definition) is 3. The molecule has 0 unspecified atom stereocenters. The summed E-state index contributed by atoms with van der Waals surface area (Å²) in [7, 11) is 0. The average molecular weight is 308 g/mol. The molecule has 1 aromatic rings. The van der Waals surface area contributed by atoms with Crippen LogP contribution in [-0.4, -0.2) is 30.0 Å². The van der Waals surface area contributed by atoms with Crippen molar-refractivity contribution in [2.24, 2.45) is 5.92 Å². The minimum absolute atomic E-state index is 0.0864. The molecule has 5 heteroatoms. The summed E-state index contributed by atoms with van der Waals surface area (Å²) in [6, 6.07) is 7.85. The van der Waals surface area contributed by atoms with Crippen LogP contribution in [0.25, 0.3) is 0 Å². The number of thioether (sulfide) groups is 1. The summed E-state index contributed by atoms with van der Waals surface area (Å²) in [5.41, 5.74) is 2.01. The topological polar surface area (TPSA) is 61.4 Å². The van der Waals surface area contributed by atoms with Crippen molar-refractivity contribution in [2.45, 2.75) is 37.5 Å². The number of rotatable bonds is 5. The number of carbonyl (C=O) groups excluding carboxylic acids is 1. The molecule has 0 bridgehead atoms. The first-order chi connectivity index (χ1) is 10.1. The predicted octanol–water partition coefficient (Wildman–Crippen LogP) is 3.39. The number of aliphatic hydroxyl groups excluding tert-OH is 1. The highest BCUT2D eigenvalue weighted by Gasteiger charge is 2.27. The Labute approximate surface area is 130 Å². The zero-order valence-corrected chi connectivity index (χ0v) is 13.5. The Morgan fingerprint density at radius 3 is 3.00 bits per heavy atom. The zero-order valence-electron chi connectivity index (χ0n) is 12.6. The summed E-state index contributed by atoms with van der Waals surface area (Å²) >= 11 is 1.78. The van der Waals surface area contributed by atoms with E-state index in [0.29, 0.717) is 5.25 Å². The van der Waals surface area contributed by atoms with E-state index in [1.807, 2.05) is 18.2 Å². The molecular weight excluding hydrogens is 284 g/mol. The molecule has 2 rings (SSSR count). The molecule has 3 atom stereocenters. The number of urea groups is 1. The van der Waals surface area contributed by atoms with E-state index in [1.165, 1.54) is 5.56 Å². The SMILES string of the molecule is CS[C@H](C)c1cccc(NC(=O)N[C@@H]2CCC[C@@H]2CO)c1. The molecular formula is C16H24N2O2S. The van der Waals surface area contributed by atoms with Gasteiger partial charge in [0.1, 0.15) is 0 Å². The zero-order chi connectivity index (χ0) is 15.2. The fourth-order valence-corrected chi connectivity index (χ4v) is 3.21. The average Bonchev–Trinajstić information content (AvgIpc) is 2.93. The van der Waals surface area contributed by atoms with Gasteiger partial charge in [-0.2, -0.15) is 11.8 Å². The van der Waals surface area contributed by atoms with Crippen LogP contribution in [0.15, 0.2) is 24.3 Å². The van der Waals surface area contributed by atoms with Crippen molar-refractivity contribution < 1.29 is 9.90 Å². The standard InChI is InChI=1S/C16H24N2O2S/c1-11(21-2)12-5-3-7-14(9-12)17-16(20)18-15-8-4-6-13(15)10-19/h3,5,7,9,11,13,15,19H,4,6,8,10H2,1-2H3,(H2,17,18,20)/t11-,13-,15-/m1/s1. The first-order valence-electron chi connectivity index (χ1n) is 7.45. The molecule has 1 fully saturated rings. The Kier molecular flexibility index (Phi) is 5.94. The Bertz CT molecular complexity index is 481. The second-order valence-electron chi connectivity index (χ2n) is 5.58. The van der Waals surface area contributed by atoms with E-state index in [0.717, 1.165) is 24.9 Å². The van der Waals surface area contributed by atoms with Gasteiger partial charge in [-0.3, -0.25) is 0 Å². The molecule has 4 nitrogen and oxygen atoms in total. The summed E-state index contributed by atoms with van der Waals surface area (Å²) in [6.07, 6.45) is 5.08. The molecule has 1 aromatic carbocycles. The molecule has 0 aromatic heterocycles. The van der Waals surface area contributed by atoms with Crippen LogP contribution < -0.4 is 10.6 Å². The maximum Gasteiger partial charge on any atom is 0.319 e. The molecule has 0 saturated heterocycles. The highest BCUT2D eigenvalue weighted by atomic mass is 32.2. The van der Waals surface area contributed by atoms with Gasteiger partial charge < -0.3 is 15.7 Å². The molecule has 21 heavy (non-hydrogen) atoms. The van der Waals surface area contributed by atoms with Crippen LogP contribution in [0.3, 0.4) is 0 Å². The van der Waals surface area contributed by atoms with Crippen LogP contribution in [0.1, 0.15) is 37.0 Å². The van der Waals surface area contributed by atoms with E-state index in [-0.39, 0.29) is 24.6 Å². The number of aliphatic hydroxyl groups is 1. The Morgan fingerprint density at radius 2 is 2.29 bits per heavy atom. The normalized spacial score (nSPS) is 22.8. The Balaban J connectivity index is 1.93. The molecule has 2 amide bonds. The molecule has 0 aliphatic heterocycles. The van der Waals surface area contributed by atoms with E-state index < -0.39 is 0 Å². The number of nitrogens with one attached hydrogen (secondary N) is 2. The molecule has 0 heterocycles. The van der Waals surface area contributed by atoms with Crippen molar-refractivity contribution in [1.82, 2.24) is 5.32 Å². The smallest absolute Gasteiger partial charge is 0.319 e. The van der Waals surface area contributed by atoms with Crippen LogP contribution >= 0.6 is 11.8 Å². The van der Waals surface area contributed by atoms with Crippen LogP contribution in [0.5, 0.6) is 0 Å². The fourth-order valence-electron chi connectivity index (χ4n) is 2.79. The van der Waals surface area contributed by atoms with Gasteiger partial charge in [0, 0.05) is 29.5 Å². The maximum absolute atomic E-state index is 12.1. The molecule has 0 radical (unpaired) electrons. The van der Waals surface area contributed by atoms with Crippen LogP contribution in [-0.2, 0) is 0 Å². The van der Waals surface area contributed by atoms with Crippen LogP contribution in [0.4, 0.5) is 10.5 Å². The van der Waals surface area contributed by atoms with E-state index in [1.54, 1.807) is 11.8 Å². The third-order valence-corrected chi connectivity index (χ3v) is 5.16. The lowest BCUT2D eigenvalue weighted by atomic mass is 10.1. The van der Waals surface area contributed by atoms with Gasteiger partial charge in [0.25, 0.3) is 0 Å². The van der Waals surface area contributed by atoms with E-state index in [4.69, 9.17) is 0 Å².